The van der Waals surface area contributed by atoms with Crippen molar-refractivity contribution in [1.29, 1.82) is 0 Å². The lowest BCUT2D eigenvalue weighted by Gasteiger charge is -2.37. The Labute approximate surface area is 127 Å². The summed E-state index contributed by atoms with van der Waals surface area (Å²) in [6.45, 7) is 4.72. The zero-order chi connectivity index (χ0) is 14.6. The van der Waals surface area contributed by atoms with Crippen LogP contribution in [0.2, 0.25) is 0 Å². The highest BCUT2D eigenvalue weighted by atomic mass is 31.3. The van der Waals surface area contributed by atoms with Gasteiger partial charge in [0.25, 0.3) is 7.82 Å². The second kappa shape index (κ2) is 12.4. The van der Waals surface area contributed by atoms with E-state index in [1.54, 1.807) is 0 Å². The first-order chi connectivity index (χ1) is 7.83. The van der Waals surface area contributed by atoms with Crippen LogP contribution in [0, 0.1) is 0 Å². The molecule has 0 aliphatic heterocycles. The largest absolute Gasteiger partial charge is 0.790 e. The maximum Gasteiger partial charge on any atom is 0.276 e. The van der Waals surface area contributed by atoms with Crippen LogP contribution in [0.1, 0.15) is 6.92 Å². The molecule has 0 aromatic heterocycles. The Balaban J connectivity index is -0.000000241. The topological polar surface area (TPSA) is 317 Å². The van der Waals surface area contributed by atoms with E-state index in [2.05, 4.69) is 19.9 Å². The van der Waals surface area contributed by atoms with Crippen molar-refractivity contribution < 1.29 is 46.6 Å². The Bertz CT molecular complexity index is 452. The van der Waals surface area contributed by atoms with Gasteiger partial charge in [-0.15, -0.1) is 0 Å². The fourth-order valence-corrected chi connectivity index (χ4v) is 3.73. The number of hydrogen-bond donors (Lipinski definition) is 4. The van der Waals surface area contributed by atoms with E-state index in [-0.39, 0.29) is 31.2 Å². The highest BCUT2D eigenvalue weighted by molar-refractivity contribution is 7.66. The zero-order valence-corrected chi connectivity index (χ0v) is 15.7. The SMILES string of the molecule is C=C(C)COCP(=O)([O-])OP(=O)([O-])OP(=O)([O-])[O-].[NH4+].[NH4+].[NH4+].[NH4+]. The molecule has 0 aliphatic rings. The summed E-state index contributed by atoms with van der Waals surface area (Å²) in [5.74, 6) is 0. The molecule has 0 rings (SSSR count). The quantitative estimate of drug-likeness (QED) is 0.313. The number of ether oxygens (including phenoxy) is 1. The van der Waals surface area contributed by atoms with E-state index in [4.69, 9.17) is 0 Å². The van der Waals surface area contributed by atoms with Crippen LogP contribution in [-0.4, -0.2) is 13.0 Å². The summed E-state index contributed by atoms with van der Waals surface area (Å²) < 4.78 is 42.6. The van der Waals surface area contributed by atoms with Crippen LogP contribution in [0.3, 0.4) is 0 Å². The first-order valence-electron chi connectivity index (χ1n) is 4.11. The summed E-state index contributed by atoms with van der Waals surface area (Å²) in [6, 6.07) is 0. The molecular formula is C5H25N4O10P3. The van der Waals surface area contributed by atoms with Gasteiger partial charge in [0, 0.05) is 0 Å². The molecule has 0 aromatic carbocycles. The summed E-state index contributed by atoms with van der Waals surface area (Å²) in [6.07, 6.45) is -1.16. The van der Waals surface area contributed by atoms with Gasteiger partial charge in [-0.1, -0.05) is 12.2 Å². The van der Waals surface area contributed by atoms with Gasteiger partial charge in [0.1, 0.15) is 6.35 Å². The minimum absolute atomic E-state index is 0. The monoisotopic (exact) mass is 394 g/mol. The Morgan fingerprint density at radius 3 is 1.68 bits per heavy atom. The lowest BCUT2D eigenvalue weighted by atomic mass is 10.4. The molecule has 0 aliphatic carbocycles. The van der Waals surface area contributed by atoms with Crippen LogP contribution in [0.25, 0.3) is 0 Å². The summed E-state index contributed by atoms with van der Waals surface area (Å²) in [5.41, 5.74) is 0.458. The molecule has 0 spiro atoms. The maximum absolute atomic E-state index is 11.0. The summed E-state index contributed by atoms with van der Waals surface area (Å²) in [4.78, 5) is 41.7. The van der Waals surface area contributed by atoms with Gasteiger partial charge < -0.3 is 58.0 Å². The molecule has 2 unspecified atom stereocenters. The molecule has 0 saturated carbocycles. The van der Waals surface area contributed by atoms with Crippen molar-refractivity contribution >= 4 is 23.2 Å². The molecule has 2 atom stereocenters. The molecule has 0 saturated heterocycles. The second-order valence-corrected chi connectivity index (χ2v) is 7.68. The first-order valence-corrected chi connectivity index (χ1v) is 8.76. The van der Waals surface area contributed by atoms with Crippen molar-refractivity contribution in [3.8, 4) is 0 Å². The lowest BCUT2D eigenvalue weighted by Crippen LogP contribution is -2.20. The number of quaternary nitrogens is 4. The van der Waals surface area contributed by atoms with Crippen LogP contribution in [0.15, 0.2) is 12.2 Å². The lowest BCUT2D eigenvalue weighted by molar-refractivity contribution is -0.339. The van der Waals surface area contributed by atoms with Gasteiger partial charge in [0.2, 0.25) is 0 Å². The first kappa shape index (κ1) is 33.6. The third kappa shape index (κ3) is 20.0. The van der Waals surface area contributed by atoms with Crippen LogP contribution < -0.4 is 44.2 Å². The van der Waals surface area contributed by atoms with Gasteiger partial charge in [0.05, 0.1) is 14.4 Å². The highest BCUT2D eigenvalue weighted by Gasteiger charge is 2.20. The van der Waals surface area contributed by atoms with Gasteiger partial charge in [-0.2, -0.15) is 0 Å². The average Bonchev–Trinajstić information content (AvgIpc) is 1.93. The Morgan fingerprint density at radius 2 is 1.36 bits per heavy atom. The van der Waals surface area contributed by atoms with E-state index in [1.807, 2.05) is 0 Å². The fourth-order valence-electron chi connectivity index (χ4n) is 0.645. The van der Waals surface area contributed by atoms with Crippen molar-refractivity contribution in [2.24, 2.45) is 0 Å². The van der Waals surface area contributed by atoms with Gasteiger partial charge in [-0.25, -0.2) is 0 Å². The molecule has 0 bridgehead atoms. The highest BCUT2D eigenvalue weighted by Crippen LogP contribution is 2.59. The second-order valence-electron chi connectivity index (χ2n) is 3.10. The van der Waals surface area contributed by atoms with E-state index in [0.29, 0.717) is 5.57 Å². The van der Waals surface area contributed by atoms with E-state index >= 15 is 0 Å². The Hall–Kier alpha value is -0.0100. The third-order valence-corrected chi connectivity index (χ3v) is 4.92. The van der Waals surface area contributed by atoms with E-state index in [0.717, 1.165) is 0 Å². The molecule has 14 nitrogen and oxygen atoms in total. The predicted molar refractivity (Wildman–Crippen MR) is 74.6 cm³/mol. The van der Waals surface area contributed by atoms with Gasteiger partial charge in [-0.05, 0) is 6.92 Å². The zero-order valence-electron chi connectivity index (χ0n) is 13.0. The number of hydrogen-bond acceptors (Lipinski definition) is 10. The van der Waals surface area contributed by atoms with E-state index < -0.39 is 29.6 Å². The van der Waals surface area contributed by atoms with Gasteiger partial charge >= 0.3 is 0 Å². The predicted octanol–water partition coefficient (Wildman–Crippen LogP) is -0.0749. The fraction of sp³-hybridized carbons (Fsp3) is 0.600. The number of phosphoric acid groups is 2. The summed E-state index contributed by atoms with van der Waals surface area (Å²) in [7, 11) is -16.8. The molecule has 16 N–H and O–H groups in total. The standard InChI is InChI=1S/C5H13O10P3.4H3N/c1-5(2)3-13-4-16(6,7)14-18(11,12)15-17(8,9)10;;;;/h1,3-4H2,2H3,(H,6,7)(H,11,12)(H2,8,9,10);4*1H3. The molecular weight excluding hydrogens is 369 g/mol. The molecule has 17 heteroatoms. The minimum atomic E-state index is -5.93. The van der Waals surface area contributed by atoms with Crippen molar-refractivity contribution in [1.82, 2.24) is 24.6 Å². The normalized spacial score (nSPS) is 15.5. The van der Waals surface area contributed by atoms with Crippen molar-refractivity contribution in [3.05, 3.63) is 12.2 Å². The summed E-state index contributed by atoms with van der Waals surface area (Å²) in [5, 5.41) is 0. The Kier molecular flexibility index (Phi) is 18.9. The van der Waals surface area contributed by atoms with Crippen LogP contribution in [-0.2, 0) is 27.1 Å². The molecule has 22 heavy (non-hydrogen) atoms. The Morgan fingerprint density at radius 1 is 0.955 bits per heavy atom. The molecule has 0 radical (unpaired) electrons. The molecule has 0 aromatic rings. The number of rotatable bonds is 8. The molecule has 0 amide bonds. The van der Waals surface area contributed by atoms with Crippen molar-refractivity contribution in [2.75, 3.05) is 13.0 Å². The van der Waals surface area contributed by atoms with Crippen molar-refractivity contribution in [3.63, 3.8) is 0 Å². The molecule has 140 valence electrons. The van der Waals surface area contributed by atoms with Crippen LogP contribution in [0.4, 0.5) is 0 Å². The third-order valence-electron chi connectivity index (χ3n) is 1.02. The van der Waals surface area contributed by atoms with Gasteiger partial charge in [-0.3, -0.25) is 13.2 Å². The van der Waals surface area contributed by atoms with Crippen molar-refractivity contribution in [2.45, 2.75) is 6.92 Å². The minimum Gasteiger partial charge on any atom is -0.790 e. The summed E-state index contributed by atoms with van der Waals surface area (Å²) >= 11 is 0. The molecule has 0 heterocycles. The van der Waals surface area contributed by atoms with Gasteiger partial charge in [0.15, 0.2) is 7.60 Å². The van der Waals surface area contributed by atoms with E-state index in [1.165, 1.54) is 6.92 Å². The van der Waals surface area contributed by atoms with Crippen LogP contribution in [0.5, 0.6) is 0 Å². The molecule has 0 fully saturated rings. The smallest absolute Gasteiger partial charge is 0.276 e. The average molecular weight is 394 g/mol. The van der Waals surface area contributed by atoms with E-state index in [9.17, 15) is 33.3 Å². The van der Waals surface area contributed by atoms with Crippen LogP contribution >= 0.6 is 23.2 Å². The maximum atomic E-state index is 11.0.